The predicted octanol–water partition coefficient (Wildman–Crippen LogP) is 7.87. The van der Waals surface area contributed by atoms with E-state index in [1.807, 2.05) is 42.5 Å². The van der Waals surface area contributed by atoms with Gasteiger partial charge in [-0.15, -0.1) is 0 Å². The monoisotopic (exact) mass is 445 g/mol. The van der Waals surface area contributed by atoms with Crippen LogP contribution in [0, 0.1) is 0 Å². The summed E-state index contributed by atoms with van der Waals surface area (Å²) in [5.41, 5.74) is 5.75. The van der Waals surface area contributed by atoms with Crippen molar-refractivity contribution in [3.63, 3.8) is 0 Å². The summed E-state index contributed by atoms with van der Waals surface area (Å²) < 4.78 is 1.67. The molecule has 2 aromatic heterocycles. The minimum absolute atomic E-state index is 0.0335. The summed E-state index contributed by atoms with van der Waals surface area (Å²) in [6.07, 6.45) is 1.76. The quantitative estimate of drug-likeness (QED) is 0.276. The van der Waals surface area contributed by atoms with Crippen LogP contribution in [-0.4, -0.2) is 14.1 Å². The van der Waals surface area contributed by atoms with Gasteiger partial charge in [0.2, 0.25) is 0 Å². The number of aromatic nitrogens is 3. The minimum Gasteiger partial charge on any atom is -0.255 e. The number of fused-ring (bicyclic) bond motifs is 2. The third-order valence-electron chi connectivity index (χ3n) is 5.64. The average molecular weight is 446 g/mol. The van der Waals surface area contributed by atoms with E-state index in [1.165, 1.54) is 5.56 Å². The molecule has 0 fully saturated rings. The summed E-state index contributed by atoms with van der Waals surface area (Å²) in [7, 11) is 0. The Bertz CT molecular complexity index is 1440. The van der Waals surface area contributed by atoms with E-state index in [9.17, 15) is 0 Å². The van der Waals surface area contributed by atoms with E-state index in [0.717, 1.165) is 44.5 Å². The lowest BCUT2D eigenvalue weighted by Crippen LogP contribution is -2.10. The lowest BCUT2D eigenvalue weighted by molar-refractivity contribution is 0.591. The molecule has 31 heavy (non-hydrogen) atoms. The Kier molecular flexibility index (Phi) is 4.76. The van der Waals surface area contributed by atoms with Gasteiger partial charge in [0, 0.05) is 29.1 Å². The highest BCUT2D eigenvalue weighted by atomic mass is 35.5. The Labute approximate surface area is 191 Å². The van der Waals surface area contributed by atoms with Gasteiger partial charge in [-0.25, -0.2) is 9.07 Å². The van der Waals surface area contributed by atoms with E-state index in [4.69, 9.17) is 28.4 Å². The van der Waals surface area contributed by atoms with Crippen molar-refractivity contribution in [2.24, 2.45) is 0 Å². The summed E-state index contributed by atoms with van der Waals surface area (Å²) in [5, 5.41) is 2.73. The number of imidazole rings is 1. The molecule has 3 aromatic carbocycles. The highest BCUT2D eigenvalue weighted by Gasteiger charge is 2.19. The standard InChI is InChI=1S/C26H21Cl2N3/c1-26(2,3)16-10-13-22-23(15-16)31(28)25(30-22)20-12-11-19(17-7-4-5-8-18(17)20)24-21(27)9-6-14-29-24/h4-15H,1-3H3. The van der Waals surface area contributed by atoms with Crippen molar-refractivity contribution in [2.45, 2.75) is 26.2 Å². The van der Waals surface area contributed by atoms with E-state index in [1.54, 1.807) is 10.3 Å². The topological polar surface area (TPSA) is 30.7 Å². The normalized spacial score (nSPS) is 12.0. The van der Waals surface area contributed by atoms with Crippen LogP contribution in [0.15, 0.2) is 72.9 Å². The van der Waals surface area contributed by atoms with Gasteiger partial charge in [-0.2, -0.15) is 0 Å². The molecule has 0 saturated carbocycles. The van der Waals surface area contributed by atoms with E-state index >= 15 is 0 Å². The minimum atomic E-state index is 0.0335. The highest BCUT2D eigenvalue weighted by Crippen LogP contribution is 2.38. The fraction of sp³-hybridized carbons (Fsp3) is 0.154. The van der Waals surface area contributed by atoms with E-state index in [0.29, 0.717) is 5.02 Å². The number of halogens is 2. The summed E-state index contributed by atoms with van der Waals surface area (Å²) in [4.78, 5) is 9.37. The van der Waals surface area contributed by atoms with Crippen molar-refractivity contribution in [2.75, 3.05) is 0 Å². The largest absolute Gasteiger partial charge is 0.255 e. The molecule has 0 aliphatic rings. The van der Waals surface area contributed by atoms with Crippen LogP contribution in [0.5, 0.6) is 0 Å². The van der Waals surface area contributed by atoms with E-state index in [-0.39, 0.29) is 5.41 Å². The molecule has 0 bridgehead atoms. The summed E-state index contributed by atoms with van der Waals surface area (Å²) in [6, 6.07) is 22.3. The molecule has 0 unspecified atom stereocenters. The van der Waals surface area contributed by atoms with Crippen LogP contribution in [0.3, 0.4) is 0 Å². The van der Waals surface area contributed by atoms with Crippen LogP contribution in [0.1, 0.15) is 26.3 Å². The van der Waals surface area contributed by atoms with Crippen LogP contribution < -0.4 is 0 Å². The second-order valence-electron chi connectivity index (χ2n) is 8.71. The maximum absolute atomic E-state index is 6.82. The summed E-state index contributed by atoms with van der Waals surface area (Å²) in [6.45, 7) is 6.58. The van der Waals surface area contributed by atoms with Gasteiger partial charge in [0.15, 0.2) is 5.82 Å². The van der Waals surface area contributed by atoms with Gasteiger partial charge in [-0.1, -0.05) is 68.8 Å². The Morgan fingerprint density at radius 1 is 0.839 bits per heavy atom. The molecule has 0 spiro atoms. The van der Waals surface area contributed by atoms with Gasteiger partial charge in [0.05, 0.1) is 21.7 Å². The maximum atomic E-state index is 6.82. The van der Waals surface area contributed by atoms with Gasteiger partial charge in [0.1, 0.15) is 0 Å². The Morgan fingerprint density at radius 3 is 2.26 bits per heavy atom. The van der Waals surface area contributed by atoms with Gasteiger partial charge in [-0.05, 0) is 52.1 Å². The van der Waals surface area contributed by atoms with Crippen LogP contribution in [0.4, 0.5) is 0 Å². The smallest absolute Gasteiger partial charge is 0.156 e. The first kappa shape index (κ1) is 20.0. The molecule has 154 valence electrons. The van der Waals surface area contributed by atoms with Gasteiger partial charge < -0.3 is 0 Å². The summed E-state index contributed by atoms with van der Waals surface area (Å²) >= 11 is 13.3. The van der Waals surface area contributed by atoms with E-state index < -0.39 is 0 Å². The molecule has 5 aromatic rings. The van der Waals surface area contributed by atoms with Gasteiger partial charge in [-0.3, -0.25) is 4.98 Å². The van der Waals surface area contributed by atoms with Crippen molar-refractivity contribution in [3.05, 3.63) is 83.5 Å². The number of hydrogen-bond acceptors (Lipinski definition) is 2. The fourth-order valence-electron chi connectivity index (χ4n) is 3.96. The molecular formula is C26H21Cl2N3. The Morgan fingerprint density at radius 2 is 1.55 bits per heavy atom. The maximum Gasteiger partial charge on any atom is 0.156 e. The zero-order valence-corrected chi connectivity index (χ0v) is 19.0. The second kappa shape index (κ2) is 7.37. The summed E-state index contributed by atoms with van der Waals surface area (Å²) in [5.74, 6) is 0.720. The zero-order chi connectivity index (χ0) is 21.8. The predicted molar refractivity (Wildman–Crippen MR) is 131 cm³/mol. The molecule has 0 atom stereocenters. The molecule has 0 radical (unpaired) electrons. The first-order chi connectivity index (χ1) is 14.8. The molecule has 2 heterocycles. The molecule has 0 aliphatic carbocycles. The third-order valence-corrected chi connectivity index (χ3v) is 6.29. The molecule has 0 saturated heterocycles. The number of pyridine rings is 1. The van der Waals surface area contributed by atoms with Crippen LogP contribution in [0.25, 0.3) is 44.5 Å². The third kappa shape index (κ3) is 3.38. The molecule has 5 heteroatoms. The van der Waals surface area contributed by atoms with Gasteiger partial charge >= 0.3 is 0 Å². The van der Waals surface area contributed by atoms with Crippen LogP contribution >= 0.6 is 23.4 Å². The average Bonchev–Trinajstić information content (AvgIpc) is 3.09. The zero-order valence-electron chi connectivity index (χ0n) is 17.5. The molecule has 0 N–H and O–H groups in total. The van der Waals surface area contributed by atoms with Crippen LogP contribution in [-0.2, 0) is 5.41 Å². The number of nitrogens with zero attached hydrogens (tertiary/aromatic N) is 3. The SMILES string of the molecule is CC(C)(C)c1ccc2nc(-c3ccc(-c4ncccc4Cl)c4ccccc34)n(Cl)c2c1. The lowest BCUT2D eigenvalue weighted by Gasteiger charge is -2.18. The van der Waals surface area contributed by atoms with Crippen molar-refractivity contribution in [1.82, 2.24) is 14.1 Å². The van der Waals surface area contributed by atoms with E-state index in [2.05, 4.69) is 50.0 Å². The Balaban J connectivity index is 1.75. The molecule has 0 amide bonds. The van der Waals surface area contributed by atoms with Crippen molar-refractivity contribution >= 4 is 45.2 Å². The first-order valence-electron chi connectivity index (χ1n) is 10.2. The number of hydrogen-bond donors (Lipinski definition) is 0. The highest BCUT2D eigenvalue weighted by molar-refractivity contribution is 6.33. The van der Waals surface area contributed by atoms with Gasteiger partial charge in [0.25, 0.3) is 0 Å². The van der Waals surface area contributed by atoms with Crippen molar-refractivity contribution in [3.8, 4) is 22.6 Å². The molecule has 3 nitrogen and oxygen atoms in total. The second-order valence-corrected chi connectivity index (χ2v) is 9.46. The molecule has 0 aliphatic heterocycles. The molecule has 5 rings (SSSR count). The van der Waals surface area contributed by atoms with Crippen LogP contribution in [0.2, 0.25) is 5.02 Å². The number of rotatable bonds is 2. The van der Waals surface area contributed by atoms with Crippen molar-refractivity contribution in [1.29, 1.82) is 0 Å². The fourth-order valence-corrected chi connectivity index (χ4v) is 4.45. The molecular weight excluding hydrogens is 425 g/mol. The number of benzene rings is 3. The first-order valence-corrected chi connectivity index (χ1v) is 10.9. The van der Waals surface area contributed by atoms with Crippen molar-refractivity contribution < 1.29 is 0 Å². The lowest BCUT2D eigenvalue weighted by atomic mass is 9.87. The Hall–Kier alpha value is -2.88.